The molecule has 0 radical (unpaired) electrons. The molecule has 350 valence electrons. The number of morpholine rings is 1. The fourth-order valence-electron chi connectivity index (χ4n) is 8.77. The zero-order valence-electron chi connectivity index (χ0n) is 38.2. The van der Waals surface area contributed by atoms with Crippen LogP contribution in [0.15, 0.2) is 71.6 Å². The number of aromatic nitrogens is 5. The molecule has 20 heteroatoms. The summed E-state index contributed by atoms with van der Waals surface area (Å²) in [5, 5.41) is 14.2. The summed E-state index contributed by atoms with van der Waals surface area (Å²) in [5.41, 5.74) is 2.59. The maximum Gasteiger partial charge on any atom is 0.411 e. The van der Waals surface area contributed by atoms with E-state index in [1.165, 1.54) is 29.1 Å². The number of carbonyl (C=O) groups excluding carboxylic acids is 2. The molecule has 4 aliphatic rings. The number of nitrogens with one attached hydrogen (secondary N) is 3. The number of fused-ring (bicyclic) bond motifs is 6. The highest BCUT2D eigenvalue weighted by Crippen LogP contribution is 2.41. The maximum absolute atomic E-state index is 15.5. The number of alkyl carbamates (subject to hydrolysis) is 1. The van der Waals surface area contributed by atoms with Crippen molar-refractivity contribution in [2.24, 2.45) is 4.99 Å². The highest BCUT2D eigenvalue weighted by molar-refractivity contribution is 5.97. The SMILES string of the molecule is CC.COC1CN(C)C(=O)C2CC(CN2C2N=C(N3CCOC/C3=C\NC(=O)OC(C)(C)C)Nc3c2cnn3-c2ccc(F)cc2F)Nc2cccc(n2)-c2cc(F)cc3nc(C)n(c23)C1. The van der Waals surface area contributed by atoms with Crippen LogP contribution in [-0.2, 0) is 25.5 Å². The van der Waals surface area contributed by atoms with Gasteiger partial charge in [0, 0.05) is 63.7 Å². The van der Waals surface area contributed by atoms with Gasteiger partial charge in [0.15, 0.2) is 5.82 Å². The Bertz CT molecular complexity index is 2700. The second-order valence-electron chi connectivity index (χ2n) is 17.3. The molecule has 4 unspecified atom stereocenters. The number of likely N-dealkylation sites (tertiary alicyclic amines) is 1. The highest BCUT2D eigenvalue weighted by atomic mass is 19.1. The highest BCUT2D eigenvalue weighted by Gasteiger charge is 2.46. The van der Waals surface area contributed by atoms with Gasteiger partial charge in [-0.3, -0.25) is 15.0 Å². The van der Waals surface area contributed by atoms with Crippen LogP contribution < -0.4 is 16.0 Å². The summed E-state index contributed by atoms with van der Waals surface area (Å²) in [7, 11) is 3.32. The molecule has 0 saturated carbocycles. The standard InChI is InChI=1S/C44H49F3N12O5.C2H6/c1-24-50-34-16-26(46)14-30-33-8-7-9-37(52-33)51-27-17-36(41(60)55(5)21-29(62-6)22-57(24)38(30)34)58(20-27)39-31-19-49-59(35-11-10-25(45)15-32(35)47)40(31)54-42(53-39)56-12-13-63-23-28(56)18-48-43(61)64-44(2,3)4;1-2/h7-11,14-16,18-19,27,29,36,39H,12-13,17,20-23H2,1-6H3,(H,48,61)(H,51,52)(H,53,54);1-2H3/b28-18+;. The number of hydrogen-bond donors (Lipinski definition) is 3. The number of aryl methyl sites for hydroxylation is 1. The molecule has 0 aliphatic carbocycles. The Labute approximate surface area is 380 Å². The normalized spacial score (nSPS) is 21.8. The number of carbonyl (C=O) groups is 2. The van der Waals surface area contributed by atoms with Crippen LogP contribution in [0, 0.1) is 24.4 Å². The number of hydrogen-bond acceptors (Lipinski definition) is 13. The summed E-state index contributed by atoms with van der Waals surface area (Å²) in [6, 6.07) is 10.5. The second-order valence-corrected chi connectivity index (χ2v) is 17.3. The van der Waals surface area contributed by atoms with Crippen LogP contribution >= 0.6 is 0 Å². The molecule has 4 bridgehead atoms. The Hall–Kier alpha value is -6.51. The van der Waals surface area contributed by atoms with Gasteiger partial charge in [-0.15, -0.1) is 0 Å². The topological polar surface area (TPSA) is 169 Å². The molecule has 4 atom stereocenters. The first-order valence-electron chi connectivity index (χ1n) is 22.0. The van der Waals surface area contributed by atoms with Crippen molar-refractivity contribution in [2.75, 3.05) is 57.6 Å². The van der Waals surface area contributed by atoms with Crippen molar-refractivity contribution in [2.45, 2.75) is 84.5 Å². The lowest BCUT2D eigenvalue weighted by molar-refractivity contribution is -0.137. The predicted octanol–water partition coefficient (Wildman–Crippen LogP) is 6.56. The van der Waals surface area contributed by atoms with Gasteiger partial charge in [0.1, 0.15) is 46.5 Å². The minimum atomic E-state index is -0.867. The van der Waals surface area contributed by atoms with Gasteiger partial charge in [-0.1, -0.05) is 19.9 Å². The maximum atomic E-state index is 15.5. The fourth-order valence-corrected chi connectivity index (χ4v) is 8.77. The van der Waals surface area contributed by atoms with Gasteiger partial charge < -0.3 is 39.2 Å². The number of ether oxygens (including phenoxy) is 3. The molecule has 5 aromatic rings. The number of aliphatic imine (C=N–C) groups is 1. The van der Waals surface area contributed by atoms with Gasteiger partial charge in [0.25, 0.3) is 0 Å². The number of amides is 2. The number of nitrogens with zero attached hydrogens (tertiary/aromatic N) is 9. The van der Waals surface area contributed by atoms with Gasteiger partial charge in [0.2, 0.25) is 11.9 Å². The molecule has 3 aromatic heterocycles. The molecule has 17 nitrogen and oxygen atoms in total. The summed E-state index contributed by atoms with van der Waals surface area (Å²) >= 11 is 0. The Morgan fingerprint density at radius 3 is 2.59 bits per heavy atom. The van der Waals surface area contributed by atoms with Crippen molar-refractivity contribution in [1.29, 1.82) is 0 Å². The van der Waals surface area contributed by atoms with E-state index >= 15 is 8.78 Å². The smallest absolute Gasteiger partial charge is 0.411 e. The van der Waals surface area contributed by atoms with Gasteiger partial charge in [-0.2, -0.15) is 5.10 Å². The lowest BCUT2D eigenvalue weighted by atomic mass is 10.1. The molecule has 9 rings (SSSR count). The zero-order chi connectivity index (χ0) is 47.0. The summed E-state index contributed by atoms with van der Waals surface area (Å²) in [5.74, 6) is -0.410. The number of guanidine groups is 1. The van der Waals surface area contributed by atoms with E-state index < -0.39 is 47.5 Å². The first-order valence-corrected chi connectivity index (χ1v) is 22.0. The summed E-state index contributed by atoms with van der Waals surface area (Å²) < 4.78 is 65.5. The van der Waals surface area contributed by atoms with E-state index in [-0.39, 0.29) is 30.8 Å². The van der Waals surface area contributed by atoms with Crippen LogP contribution in [0.5, 0.6) is 0 Å². The van der Waals surface area contributed by atoms with Crippen molar-refractivity contribution in [3.63, 3.8) is 0 Å². The number of pyridine rings is 1. The molecule has 2 aromatic carbocycles. The average molecular weight is 913 g/mol. The Kier molecular flexibility index (Phi) is 13.1. The van der Waals surface area contributed by atoms with Crippen LogP contribution in [0.3, 0.4) is 0 Å². The summed E-state index contributed by atoms with van der Waals surface area (Å²) in [4.78, 5) is 48.0. The van der Waals surface area contributed by atoms with E-state index in [2.05, 4.69) is 26.0 Å². The minimum absolute atomic E-state index is 0.0160. The Morgan fingerprint density at radius 1 is 1.03 bits per heavy atom. The number of imidazole rings is 1. The van der Waals surface area contributed by atoms with E-state index in [0.717, 1.165) is 12.1 Å². The number of anilines is 2. The van der Waals surface area contributed by atoms with Gasteiger partial charge >= 0.3 is 6.09 Å². The monoisotopic (exact) mass is 912 g/mol. The van der Waals surface area contributed by atoms with Crippen LogP contribution in [0.25, 0.3) is 28.0 Å². The number of methoxy groups -OCH3 is 1. The van der Waals surface area contributed by atoms with E-state index in [4.69, 9.17) is 24.2 Å². The van der Waals surface area contributed by atoms with Crippen LogP contribution in [0.2, 0.25) is 0 Å². The van der Waals surface area contributed by atoms with Crippen molar-refractivity contribution < 1.29 is 37.0 Å². The molecular weight excluding hydrogens is 858 g/mol. The quantitative estimate of drug-likeness (QED) is 0.178. The molecule has 2 fully saturated rings. The average Bonchev–Trinajstić information content (AvgIpc) is 3.99. The first-order chi connectivity index (χ1) is 31.6. The van der Waals surface area contributed by atoms with Crippen molar-refractivity contribution >= 4 is 40.6 Å². The van der Waals surface area contributed by atoms with Gasteiger partial charge in [-0.25, -0.2) is 37.6 Å². The van der Waals surface area contributed by atoms with Crippen molar-refractivity contribution in [3.05, 3.63) is 95.5 Å². The second kappa shape index (κ2) is 18.8. The van der Waals surface area contributed by atoms with E-state index in [1.54, 1.807) is 46.0 Å². The van der Waals surface area contributed by atoms with Crippen molar-refractivity contribution in [3.8, 4) is 16.9 Å². The molecule has 2 saturated heterocycles. The summed E-state index contributed by atoms with van der Waals surface area (Å²) in [6.45, 7) is 12.7. The first kappa shape index (κ1) is 46.0. The molecule has 7 heterocycles. The number of likely N-dealkylation sites (N-methyl/N-ethyl adjacent to an activating group) is 1. The van der Waals surface area contributed by atoms with Crippen LogP contribution in [0.1, 0.15) is 58.6 Å². The predicted molar refractivity (Wildman–Crippen MR) is 242 cm³/mol. The number of halogens is 3. The Morgan fingerprint density at radius 2 is 1.83 bits per heavy atom. The fraction of sp³-hybridized carbons (Fsp3) is 0.435. The van der Waals surface area contributed by atoms with Gasteiger partial charge in [0.05, 0.1) is 66.1 Å². The van der Waals surface area contributed by atoms with Crippen LogP contribution in [-0.4, -0.2) is 128 Å². The molecular formula is C46H55F3N12O5. The lowest BCUT2D eigenvalue weighted by Crippen LogP contribution is -2.50. The largest absolute Gasteiger partial charge is 0.444 e. The van der Waals surface area contributed by atoms with Crippen LogP contribution in [0.4, 0.5) is 29.6 Å². The molecule has 3 N–H and O–H groups in total. The van der Waals surface area contributed by atoms with Crippen molar-refractivity contribution in [1.82, 2.24) is 44.3 Å². The van der Waals surface area contributed by atoms with E-state index in [1.807, 2.05) is 53.3 Å². The summed E-state index contributed by atoms with van der Waals surface area (Å²) in [6.07, 6.45) is 1.37. The van der Waals surface area contributed by atoms with Gasteiger partial charge in [-0.05, 0) is 64.4 Å². The molecule has 4 aliphatic heterocycles. The Balaban J connectivity index is 0.00000292. The number of benzene rings is 2. The van der Waals surface area contributed by atoms with E-state index in [0.29, 0.717) is 89.6 Å². The van der Waals surface area contributed by atoms with E-state index in [9.17, 15) is 14.0 Å². The third kappa shape index (κ3) is 9.29. The third-order valence-corrected chi connectivity index (χ3v) is 11.6. The zero-order valence-corrected chi connectivity index (χ0v) is 38.2. The molecule has 0 spiro atoms. The third-order valence-electron chi connectivity index (χ3n) is 11.6. The lowest BCUT2D eigenvalue weighted by Gasteiger charge is -2.38. The number of rotatable bonds is 4. The minimum Gasteiger partial charge on any atom is -0.444 e. The molecule has 2 amide bonds. The molecule has 66 heavy (non-hydrogen) atoms.